The van der Waals surface area contributed by atoms with Gasteiger partial charge in [-0.2, -0.15) is 5.10 Å². The molecule has 1 aromatic carbocycles. The van der Waals surface area contributed by atoms with Crippen LogP contribution >= 0.6 is 15.9 Å². The predicted molar refractivity (Wildman–Crippen MR) is 82.8 cm³/mol. The van der Waals surface area contributed by atoms with Crippen LogP contribution in [-0.4, -0.2) is 30.0 Å². The second-order valence-corrected chi connectivity index (χ2v) is 5.15. The van der Waals surface area contributed by atoms with Gasteiger partial charge in [0.05, 0.1) is 24.3 Å². The maximum absolute atomic E-state index is 12.0. The highest BCUT2D eigenvalue weighted by Crippen LogP contribution is 2.25. The van der Waals surface area contributed by atoms with Gasteiger partial charge in [-0.1, -0.05) is 6.07 Å². The van der Waals surface area contributed by atoms with Crippen LogP contribution in [0.3, 0.4) is 0 Å². The van der Waals surface area contributed by atoms with E-state index in [0.29, 0.717) is 25.4 Å². The van der Waals surface area contributed by atoms with E-state index in [1.165, 1.54) is 16.9 Å². The molecule has 2 rings (SSSR count). The van der Waals surface area contributed by atoms with Gasteiger partial charge in [0.1, 0.15) is 18.1 Å². The molecule has 2 aromatic rings. The predicted octanol–water partition coefficient (Wildman–Crippen LogP) is 1.40. The minimum absolute atomic E-state index is 0.225. The van der Waals surface area contributed by atoms with Gasteiger partial charge in [-0.3, -0.25) is 4.79 Å². The number of nitrogens with zero attached hydrogens (tertiary/aromatic N) is 2. The third-order valence-electron chi connectivity index (χ3n) is 2.78. The van der Waals surface area contributed by atoms with Crippen LogP contribution in [0.2, 0.25) is 0 Å². The lowest BCUT2D eigenvalue weighted by molar-refractivity contribution is 0.324. The average molecular weight is 354 g/mol. The number of hydrogen-bond acceptors (Lipinski definition) is 5. The number of rotatable bonds is 6. The lowest BCUT2D eigenvalue weighted by atomic mass is 10.2. The molecule has 1 heterocycles. The summed E-state index contributed by atoms with van der Waals surface area (Å²) < 4.78 is 12.6. The second kappa shape index (κ2) is 7.24. The van der Waals surface area contributed by atoms with Crippen molar-refractivity contribution in [3.63, 3.8) is 0 Å². The van der Waals surface area contributed by atoms with Crippen LogP contribution in [0, 0.1) is 0 Å². The molecule has 0 fully saturated rings. The van der Waals surface area contributed by atoms with Crippen LogP contribution in [0.1, 0.15) is 5.56 Å². The van der Waals surface area contributed by atoms with E-state index in [1.807, 2.05) is 18.2 Å². The molecule has 1 aromatic heterocycles. The van der Waals surface area contributed by atoms with E-state index in [0.717, 1.165) is 15.8 Å². The van der Waals surface area contributed by atoms with E-state index in [4.69, 9.17) is 15.2 Å². The van der Waals surface area contributed by atoms with E-state index in [-0.39, 0.29) is 5.56 Å². The fraction of sp³-hybridized carbons (Fsp3) is 0.286. The largest absolute Gasteiger partial charge is 0.496 e. The van der Waals surface area contributed by atoms with Crippen molar-refractivity contribution in [2.75, 3.05) is 20.3 Å². The summed E-state index contributed by atoms with van der Waals surface area (Å²) in [5, 5.41) is 4.09. The smallest absolute Gasteiger partial charge is 0.270 e. The second-order valence-electron chi connectivity index (χ2n) is 4.29. The van der Waals surface area contributed by atoms with Gasteiger partial charge >= 0.3 is 0 Å². The summed E-state index contributed by atoms with van der Waals surface area (Å²) in [6.45, 7) is 1.12. The van der Waals surface area contributed by atoms with Gasteiger partial charge in [-0.15, -0.1) is 0 Å². The Morgan fingerprint density at radius 3 is 2.81 bits per heavy atom. The molecule has 21 heavy (non-hydrogen) atoms. The van der Waals surface area contributed by atoms with Crippen molar-refractivity contribution in [3.05, 3.63) is 50.9 Å². The molecular formula is C14H16BrN3O3. The van der Waals surface area contributed by atoms with Crippen LogP contribution in [0.4, 0.5) is 0 Å². The van der Waals surface area contributed by atoms with E-state index in [2.05, 4.69) is 21.0 Å². The number of methoxy groups -OCH3 is 1. The molecule has 6 nitrogen and oxygen atoms in total. The first kappa shape index (κ1) is 15.5. The number of ether oxygens (including phenoxy) is 2. The highest BCUT2D eigenvalue weighted by Gasteiger charge is 2.05. The Balaban J connectivity index is 2.16. The Hall–Kier alpha value is -1.86. The molecule has 0 aliphatic rings. The Kier molecular flexibility index (Phi) is 5.35. The van der Waals surface area contributed by atoms with E-state index >= 15 is 0 Å². The number of aromatic nitrogens is 2. The first-order valence-electron chi connectivity index (χ1n) is 6.36. The van der Waals surface area contributed by atoms with Crippen molar-refractivity contribution in [1.82, 2.24) is 9.78 Å². The van der Waals surface area contributed by atoms with Gasteiger partial charge < -0.3 is 15.2 Å². The van der Waals surface area contributed by atoms with Crippen molar-refractivity contribution in [1.29, 1.82) is 0 Å². The van der Waals surface area contributed by atoms with Crippen LogP contribution in [0.15, 0.2) is 39.7 Å². The van der Waals surface area contributed by atoms with Crippen molar-refractivity contribution < 1.29 is 9.47 Å². The van der Waals surface area contributed by atoms with E-state index in [9.17, 15) is 4.79 Å². The summed E-state index contributed by atoms with van der Waals surface area (Å²) in [5.74, 6) is 1.17. The number of benzene rings is 1. The van der Waals surface area contributed by atoms with Crippen LogP contribution < -0.4 is 20.8 Å². The zero-order valence-corrected chi connectivity index (χ0v) is 13.2. The summed E-state index contributed by atoms with van der Waals surface area (Å²) >= 11 is 3.41. The van der Waals surface area contributed by atoms with Crippen LogP contribution in [0.25, 0.3) is 0 Å². The SMILES string of the molecule is COc1ccc(Cn2ncc(OCCN)cc2=O)cc1Br. The number of nitrogens with two attached hydrogens (primary N) is 1. The molecule has 0 aliphatic carbocycles. The quantitative estimate of drug-likeness (QED) is 0.848. The molecule has 2 N–H and O–H groups in total. The molecular weight excluding hydrogens is 338 g/mol. The molecule has 7 heteroatoms. The highest BCUT2D eigenvalue weighted by atomic mass is 79.9. The van der Waals surface area contributed by atoms with Gasteiger partial charge in [0, 0.05) is 12.6 Å². The summed E-state index contributed by atoms with van der Waals surface area (Å²) in [4.78, 5) is 12.0. The molecule has 0 aliphatic heterocycles. The Labute approximate surface area is 130 Å². The minimum Gasteiger partial charge on any atom is -0.496 e. The zero-order chi connectivity index (χ0) is 15.2. The van der Waals surface area contributed by atoms with Crippen molar-refractivity contribution >= 4 is 15.9 Å². The normalized spacial score (nSPS) is 10.4. The monoisotopic (exact) mass is 353 g/mol. The molecule has 0 saturated heterocycles. The highest BCUT2D eigenvalue weighted by molar-refractivity contribution is 9.10. The maximum Gasteiger partial charge on any atom is 0.270 e. The molecule has 0 unspecified atom stereocenters. The maximum atomic E-state index is 12.0. The first-order valence-corrected chi connectivity index (χ1v) is 7.16. The van der Waals surface area contributed by atoms with Gasteiger partial charge in [-0.05, 0) is 33.6 Å². The number of hydrogen-bond donors (Lipinski definition) is 1. The van der Waals surface area contributed by atoms with Gasteiger partial charge in [0.2, 0.25) is 0 Å². The summed E-state index contributed by atoms with van der Waals surface area (Å²) in [6.07, 6.45) is 1.51. The number of halogens is 1. The lowest BCUT2D eigenvalue weighted by Gasteiger charge is -2.09. The van der Waals surface area contributed by atoms with Gasteiger partial charge in [0.25, 0.3) is 5.56 Å². The summed E-state index contributed by atoms with van der Waals surface area (Å²) in [6, 6.07) is 7.02. The average Bonchev–Trinajstić information content (AvgIpc) is 2.48. The molecule has 0 spiro atoms. The summed E-state index contributed by atoms with van der Waals surface area (Å²) in [7, 11) is 1.60. The van der Waals surface area contributed by atoms with Gasteiger partial charge in [-0.25, -0.2) is 4.68 Å². The standard InChI is InChI=1S/C14H16BrN3O3/c1-20-13-3-2-10(6-12(13)15)9-18-14(19)7-11(8-17-18)21-5-4-16/h2-3,6-8H,4-5,9,16H2,1H3. The topological polar surface area (TPSA) is 79.4 Å². The Bertz CT molecular complexity index is 673. The minimum atomic E-state index is -0.225. The molecule has 0 saturated carbocycles. The third-order valence-corrected chi connectivity index (χ3v) is 3.40. The van der Waals surface area contributed by atoms with Crippen molar-refractivity contribution in [2.24, 2.45) is 5.73 Å². The van der Waals surface area contributed by atoms with E-state index in [1.54, 1.807) is 7.11 Å². The van der Waals surface area contributed by atoms with Crippen molar-refractivity contribution in [2.45, 2.75) is 6.54 Å². The first-order chi connectivity index (χ1) is 10.1. The molecule has 0 amide bonds. The van der Waals surface area contributed by atoms with Crippen molar-refractivity contribution in [3.8, 4) is 11.5 Å². The Morgan fingerprint density at radius 2 is 2.19 bits per heavy atom. The summed E-state index contributed by atoms with van der Waals surface area (Å²) in [5.41, 5.74) is 6.05. The fourth-order valence-corrected chi connectivity index (χ4v) is 2.36. The fourth-order valence-electron chi connectivity index (χ4n) is 1.77. The molecule has 0 radical (unpaired) electrons. The molecule has 112 valence electrons. The lowest BCUT2D eigenvalue weighted by Crippen LogP contribution is -2.23. The van der Waals surface area contributed by atoms with E-state index < -0.39 is 0 Å². The van der Waals surface area contributed by atoms with Crippen LogP contribution in [-0.2, 0) is 6.54 Å². The third kappa shape index (κ3) is 4.05. The van der Waals surface area contributed by atoms with Gasteiger partial charge in [0.15, 0.2) is 0 Å². The zero-order valence-electron chi connectivity index (χ0n) is 11.6. The van der Waals surface area contributed by atoms with Crippen LogP contribution in [0.5, 0.6) is 11.5 Å². The Morgan fingerprint density at radius 1 is 1.38 bits per heavy atom. The molecule has 0 bridgehead atoms. The molecule has 0 atom stereocenters.